The van der Waals surface area contributed by atoms with Crippen LogP contribution < -0.4 is 91.2 Å². The van der Waals surface area contributed by atoms with E-state index in [9.17, 15) is 117 Å². The minimum absolute atomic E-state index is 0.0303. The summed E-state index contributed by atoms with van der Waals surface area (Å²) in [7, 11) is 0. The van der Waals surface area contributed by atoms with Crippen molar-refractivity contribution in [3.8, 4) is 0 Å². The maximum Gasteiger partial charge on any atom is 0.329 e. The van der Waals surface area contributed by atoms with Crippen molar-refractivity contribution in [2.75, 3.05) is 32.0 Å². The smallest absolute Gasteiger partial charge is 0.329 e. The van der Waals surface area contributed by atoms with Gasteiger partial charge in [0.1, 0.15) is 72.6 Å². The normalized spacial score (nSPS) is 21.2. The van der Waals surface area contributed by atoms with Crippen molar-refractivity contribution in [3.05, 3.63) is 101 Å². The number of carbonyl (C=O) groups is 21. The number of nitrogens with one attached hydrogen (secondary N) is 17. The van der Waals surface area contributed by atoms with Gasteiger partial charge in [-0.2, -0.15) is 0 Å². The van der Waals surface area contributed by atoms with Gasteiger partial charge in [0.25, 0.3) is 0 Å². The topological polar surface area (TPSA) is 733 Å². The van der Waals surface area contributed by atoms with Crippen LogP contribution >= 0.6 is 0 Å². The predicted molar refractivity (Wildman–Crippen MR) is 457 cm³/mol. The summed E-state index contributed by atoms with van der Waals surface area (Å²) in [6.45, 7) is 1.20. The molecular formula is C84H111N19O27. The molecule has 0 bridgehead atoms. The number of rotatable bonds is 37. The number of aliphatic hydroxyl groups is 1. The van der Waals surface area contributed by atoms with Crippen LogP contribution in [0.2, 0.25) is 0 Å². The Morgan fingerprint density at radius 2 is 1.10 bits per heavy atom. The molecule has 14 atom stereocenters. The van der Waals surface area contributed by atoms with E-state index in [1.54, 1.807) is 30.5 Å². The number of ketones is 1. The number of carboxylic acid groups (broad SMARTS) is 4. The van der Waals surface area contributed by atoms with E-state index >= 15 is 9.59 Å². The number of carbonyl (C=O) groups excluding carboxylic acids is 17. The molecule has 704 valence electrons. The first-order chi connectivity index (χ1) is 61.7. The number of fused-ring (bicyclic) bond motifs is 4. The number of primary amides is 1. The fraction of sp³-hybridized carbons (Fsp3) is 0.488. The molecule has 0 radical (unpaired) electrons. The number of esters is 1. The second-order valence-electron chi connectivity index (χ2n) is 31.5. The van der Waals surface area contributed by atoms with Crippen LogP contribution in [-0.2, 0) is 120 Å². The molecule has 2 aliphatic heterocycles. The number of nitrogens with two attached hydrogens (primary N) is 2. The average Bonchev–Trinajstić information content (AvgIpc) is 1.63. The summed E-state index contributed by atoms with van der Waals surface area (Å²) in [6.07, 6.45) is -2.64. The highest BCUT2D eigenvalue weighted by Gasteiger charge is 2.42. The Hall–Kier alpha value is -14.5. The Morgan fingerprint density at radius 1 is 0.538 bits per heavy atom. The molecule has 7 rings (SSSR count). The van der Waals surface area contributed by atoms with Crippen LogP contribution in [0.3, 0.4) is 0 Å². The van der Waals surface area contributed by atoms with Crippen LogP contribution in [0.4, 0.5) is 5.69 Å². The molecule has 130 heavy (non-hydrogen) atoms. The largest absolute Gasteiger partial charge is 0.481 e. The lowest BCUT2D eigenvalue weighted by Crippen LogP contribution is -2.62. The highest BCUT2D eigenvalue weighted by atomic mass is 16.5. The van der Waals surface area contributed by atoms with Crippen molar-refractivity contribution in [2.45, 2.75) is 228 Å². The number of para-hydroxylation sites is 3. The lowest BCUT2D eigenvalue weighted by atomic mass is 9.96. The number of aromatic nitrogens is 2. The molecule has 15 amide bonds. The lowest BCUT2D eigenvalue weighted by Gasteiger charge is -2.30. The zero-order valence-electron chi connectivity index (χ0n) is 71.7. The van der Waals surface area contributed by atoms with E-state index in [1.165, 1.54) is 24.3 Å². The van der Waals surface area contributed by atoms with E-state index in [0.29, 0.717) is 29.3 Å². The summed E-state index contributed by atoms with van der Waals surface area (Å²) in [5.41, 5.74) is 14.9. The fourth-order valence-corrected chi connectivity index (χ4v) is 14.4. The van der Waals surface area contributed by atoms with Gasteiger partial charge < -0.3 is 126 Å². The Bertz CT molecular complexity index is 5010. The molecule has 2 aliphatic rings. The van der Waals surface area contributed by atoms with Crippen molar-refractivity contribution in [1.29, 1.82) is 0 Å². The number of carboxylic acids is 4. The van der Waals surface area contributed by atoms with Crippen molar-refractivity contribution < 1.29 is 131 Å². The lowest BCUT2D eigenvalue weighted by molar-refractivity contribution is -0.156. The molecule has 0 aliphatic carbocycles. The molecule has 2 unspecified atom stereocenters. The monoisotopic (exact) mass is 1820 g/mol. The summed E-state index contributed by atoms with van der Waals surface area (Å²) in [5, 5.41) is 86.4. The number of Topliss-reactive ketones (excluding diaryl/α,β-unsaturated/α-hetero) is 1. The summed E-state index contributed by atoms with van der Waals surface area (Å²) >= 11 is 0. The third kappa shape index (κ3) is 31.8. The number of amides is 15. The molecule has 5 aromatic rings. The van der Waals surface area contributed by atoms with E-state index in [1.807, 2.05) is 40.2 Å². The summed E-state index contributed by atoms with van der Waals surface area (Å²) < 4.78 is 5.75. The molecule has 46 nitrogen and oxygen atoms in total. The molecule has 26 N–H and O–H groups in total. The summed E-state index contributed by atoms with van der Waals surface area (Å²) in [6, 6.07) is -4.45. The van der Waals surface area contributed by atoms with E-state index in [-0.39, 0.29) is 50.0 Å². The molecule has 0 spiro atoms. The Kier molecular flexibility index (Phi) is 39.6. The van der Waals surface area contributed by atoms with Gasteiger partial charge in [-0.25, -0.2) is 4.79 Å². The number of H-pyrrole nitrogens is 2. The van der Waals surface area contributed by atoms with Gasteiger partial charge in [-0.3, -0.25) is 101 Å². The van der Waals surface area contributed by atoms with Gasteiger partial charge in [-0.15, -0.1) is 0 Å². The van der Waals surface area contributed by atoms with Crippen LogP contribution in [0.15, 0.2) is 79.0 Å². The highest BCUT2D eigenvalue weighted by Crippen LogP contribution is 2.27. The van der Waals surface area contributed by atoms with Gasteiger partial charge >= 0.3 is 29.8 Å². The average molecular weight is 1820 g/mol. The number of ether oxygens (including phenoxy) is 1. The van der Waals surface area contributed by atoms with E-state index in [0.717, 1.165) is 75.0 Å². The van der Waals surface area contributed by atoms with Gasteiger partial charge in [0.2, 0.25) is 88.6 Å². The minimum atomic E-state index is -2.50. The number of hydrogen-bond donors (Lipinski definition) is 24. The zero-order valence-corrected chi connectivity index (χ0v) is 71.7. The fourth-order valence-electron chi connectivity index (χ4n) is 14.4. The number of aliphatic hydroxyl groups excluding tert-OH is 1. The van der Waals surface area contributed by atoms with E-state index in [2.05, 4.69) is 80.7 Å². The van der Waals surface area contributed by atoms with Crippen molar-refractivity contribution in [3.63, 3.8) is 0 Å². The number of benzene rings is 3. The molecule has 3 aromatic carbocycles. The minimum Gasteiger partial charge on any atom is -0.481 e. The number of cyclic esters (lactones) is 1. The van der Waals surface area contributed by atoms with Gasteiger partial charge in [0.05, 0.1) is 57.8 Å². The maximum absolute atomic E-state index is 15.1. The van der Waals surface area contributed by atoms with Crippen molar-refractivity contribution >= 4 is 152 Å². The summed E-state index contributed by atoms with van der Waals surface area (Å²) in [4.78, 5) is 298. The number of aliphatic carboxylic acids is 4. The zero-order chi connectivity index (χ0) is 95.6. The standard InChI is InChI=1S/C84H111N19O27/c1-5-6-7-8-9-10-11-26-64(107)95-54(29-44-36-88-50-23-16-13-19-45(44)50)78(123)98-55(32-63(86)106)79(124)100-58(35-70(116)117)80(125)103-72-43(4)130-84(129)59(31-62(105)47-21-12-15-22-49(47)85)101-83(128)71(41(2)28-67(110)111)102-81(126)61(40-104)96-66(109)38-90-75(120)56(33-68(112)113)97-73(118)42(3)92-77(122)57(34-69(114)115)99-76(121)52(94-65(108)39-91-82(72)127)25-18-27-87-74(119)53-30-48-46-20-14-17-24-51(46)93-60(48)37-89-53/h12-17,19-24,36,41-43,52-59,61,71-72,88-89,93,104H,5-11,18,25-35,37-40,85H2,1-4H3,(H2,86,106)(H,87,119)(H,90,120)(H,91,127)(H,92,122)(H,94,108)(H,95,107)(H,96,109)(H,97,118)(H,98,123)(H,99,121)(H,100,124)(H,101,128)(H,102,126)(H,103,125)(H,110,111)(H,112,113)(H,114,115)(H,116,117)/t41?,42-,43-,52+,53?,54+,55+,56+,57+,58+,59+,61-,71+,72+/m1/s1. The molecule has 4 heterocycles. The van der Waals surface area contributed by atoms with Crippen LogP contribution in [0.5, 0.6) is 0 Å². The second-order valence-corrected chi connectivity index (χ2v) is 31.5. The maximum atomic E-state index is 15.1. The molecule has 0 saturated carbocycles. The number of aromatic amines is 2. The van der Waals surface area contributed by atoms with Gasteiger partial charge in [0, 0.05) is 77.3 Å². The number of nitrogen functional groups attached to an aromatic ring is 1. The highest BCUT2D eigenvalue weighted by molar-refractivity contribution is 6.05. The SMILES string of the molecule is CCCCCCCCCC(=O)N[C@@H](Cc1c[nH]c2ccccc12)C(=O)N[C@@H](CC(N)=O)C(=O)N[C@@H](CC(=O)O)C(=O)N[C@@H]1C(=O)NCC(=O)N[C@@H](CCCNC(=O)C2Cc3c([nH]c4ccccc34)CN2)C(=O)N[C@@H](CC(=O)O)C(=O)N[C@H](C)C(=O)N[C@@H](CC(=O)O)C(=O)NCC(=O)N[C@H](CO)C(=O)N[C@@H](C(C)CC(=O)O)C(=O)N[C@@H](CC(=O)c2ccccc2N)C(=O)O[C@@H]1C. The second kappa shape index (κ2) is 50.2. The Balaban J connectivity index is 1.27. The van der Waals surface area contributed by atoms with Gasteiger partial charge in [-0.1, -0.05) is 101 Å². The third-order valence-corrected chi connectivity index (χ3v) is 21.3. The first kappa shape index (κ1) is 103. The number of unbranched alkanes of at least 4 members (excludes halogenated alkanes) is 6. The quantitative estimate of drug-likeness (QED) is 0.00775. The Morgan fingerprint density at radius 3 is 1.74 bits per heavy atom. The molecule has 1 fully saturated rings. The first-order valence-corrected chi connectivity index (χ1v) is 42.1. The number of hydrogen-bond acceptors (Lipinski definition) is 25. The molecule has 46 heteroatoms. The first-order valence-electron chi connectivity index (χ1n) is 42.1. The van der Waals surface area contributed by atoms with Crippen LogP contribution in [0, 0.1) is 5.92 Å². The van der Waals surface area contributed by atoms with E-state index < -0.39 is 273 Å². The third-order valence-electron chi connectivity index (χ3n) is 21.3. The van der Waals surface area contributed by atoms with E-state index in [4.69, 9.17) is 16.2 Å². The Labute approximate surface area is 742 Å². The molecule has 2 aromatic heterocycles. The summed E-state index contributed by atoms with van der Waals surface area (Å²) in [5.74, 6) is -30.7. The van der Waals surface area contributed by atoms with Crippen molar-refractivity contribution in [1.82, 2.24) is 89.7 Å². The van der Waals surface area contributed by atoms with Crippen LogP contribution in [-0.4, -0.2) is 265 Å². The number of anilines is 1. The van der Waals surface area contributed by atoms with Crippen molar-refractivity contribution in [2.24, 2.45) is 11.7 Å². The van der Waals surface area contributed by atoms with Gasteiger partial charge in [0.15, 0.2) is 5.78 Å². The molecule has 1 saturated heterocycles. The predicted octanol–water partition coefficient (Wildman–Crippen LogP) is -4.27. The molecular weight excluding hydrogens is 1710 g/mol. The van der Waals surface area contributed by atoms with Crippen LogP contribution in [0.1, 0.15) is 158 Å². The van der Waals surface area contributed by atoms with Gasteiger partial charge in [-0.05, 0) is 80.8 Å². The van der Waals surface area contributed by atoms with Crippen LogP contribution in [0.25, 0.3) is 21.8 Å².